The van der Waals surface area contributed by atoms with E-state index in [1.54, 1.807) is 0 Å². The SMILES string of the molecule is CCOc1ccc(-c2nc3scc(C)n3c2CC(=O)O)cc1. The maximum absolute atomic E-state index is 11.2. The minimum atomic E-state index is -0.861. The standard InChI is InChI=1S/C16H16N2O3S/c1-3-21-12-6-4-11(5-7-12)15-13(8-14(19)20)18-10(2)9-22-16(18)17-15/h4-7,9H,3,8H2,1-2H3,(H,19,20). The molecular weight excluding hydrogens is 300 g/mol. The minimum Gasteiger partial charge on any atom is -0.494 e. The predicted octanol–water partition coefficient (Wildman–Crippen LogP) is 3.40. The van der Waals surface area contributed by atoms with Crippen molar-refractivity contribution in [2.45, 2.75) is 20.3 Å². The van der Waals surface area contributed by atoms with Crippen LogP contribution in [0.25, 0.3) is 16.2 Å². The molecule has 0 saturated heterocycles. The van der Waals surface area contributed by atoms with Gasteiger partial charge in [-0.3, -0.25) is 9.20 Å². The Bertz CT molecular complexity index is 818. The van der Waals surface area contributed by atoms with Crippen molar-refractivity contribution in [3.05, 3.63) is 41.0 Å². The van der Waals surface area contributed by atoms with Gasteiger partial charge in [0.2, 0.25) is 0 Å². The summed E-state index contributed by atoms with van der Waals surface area (Å²) in [6.45, 7) is 4.51. The summed E-state index contributed by atoms with van der Waals surface area (Å²) in [5.41, 5.74) is 3.33. The highest BCUT2D eigenvalue weighted by atomic mass is 32.1. The first-order valence-electron chi connectivity index (χ1n) is 7.00. The molecule has 114 valence electrons. The molecule has 5 nitrogen and oxygen atoms in total. The lowest BCUT2D eigenvalue weighted by molar-refractivity contribution is -0.136. The number of benzene rings is 1. The van der Waals surface area contributed by atoms with Crippen LogP contribution < -0.4 is 4.74 Å². The van der Waals surface area contributed by atoms with Gasteiger partial charge in [-0.05, 0) is 38.1 Å². The summed E-state index contributed by atoms with van der Waals surface area (Å²) < 4.78 is 7.36. The van der Waals surface area contributed by atoms with Crippen LogP contribution >= 0.6 is 11.3 Å². The van der Waals surface area contributed by atoms with Crippen LogP contribution in [0.3, 0.4) is 0 Å². The van der Waals surface area contributed by atoms with Crippen LogP contribution in [0, 0.1) is 6.92 Å². The zero-order valence-corrected chi connectivity index (χ0v) is 13.2. The van der Waals surface area contributed by atoms with Crippen molar-refractivity contribution in [2.24, 2.45) is 0 Å². The van der Waals surface area contributed by atoms with Gasteiger partial charge in [-0.2, -0.15) is 0 Å². The van der Waals surface area contributed by atoms with Crippen LogP contribution in [0.2, 0.25) is 0 Å². The second-order valence-corrected chi connectivity index (χ2v) is 5.77. The molecule has 3 aromatic rings. The first kappa shape index (κ1) is 14.6. The summed E-state index contributed by atoms with van der Waals surface area (Å²) in [5.74, 6) is -0.0668. The van der Waals surface area contributed by atoms with Gasteiger partial charge in [0.1, 0.15) is 5.75 Å². The van der Waals surface area contributed by atoms with Crippen LogP contribution in [0.15, 0.2) is 29.6 Å². The first-order valence-corrected chi connectivity index (χ1v) is 7.88. The molecule has 0 radical (unpaired) electrons. The minimum absolute atomic E-state index is 0.0543. The molecule has 2 heterocycles. The Kier molecular flexibility index (Phi) is 3.85. The van der Waals surface area contributed by atoms with Gasteiger partial charge in [-0.25, -0.2) is 4.98 Å². The number of ether oxygens (including phenoxy) is 1. The van der Waals surface area contributed by atoms with E-state index >= 15 is 0 Å². The largest absolute Gasteiger partial charge is 0.494 e. The van der Waals surface area contributed by atoms with Crippen molar-refractivity contribution < 1.29 is 14.6 Å². The van der Waals surface area contributed by atoms with E-state index in [0.717, 1.165) is 27.7 Å². The third-order valence-corrected chi connectivity index (χ3v) is 4.33. The summed E-state index contributed by atoms with van der Waals surface area (Å²) in [5, 5.41) is 11.2. The Labute approximate surface area is 131 Å². The molecule has 0 amide bonds. The fraction of sp³-hybridized carbons (Fsp3) is 0.250. The molecule has 0 aliphatic heterocycles. The van der Waals surface area contributed by atoms with E-state index in [1.165, 1.54) is 11.3 Å². The Hall–Kier alpha value is -2.34. The van der Waals surface area contributed by atoms with Gasteiger partial charge in [-0.15, -0.1) is 11.3 Å². The van der Waals surface area contributed by atoms with Crippen molar-refractivity contribution in [3.8, 4) is 17.0 Å². The third kappa shape index (κ3) is 2.57. The van der Waals surface area contributed by atoms with Crippen LogP contribution in [0.1, 0.15) is 18.3 Å². The van der Waals surface area contributed by atoms with Crippen molar-refractivity contribution in [1.29, 1.82) is 0 Å². The third-order valence-electron chi connectivity index (χ3n) is 3.39. The molecule has 0 spiro atoms. The van der Waals surface area contributed by atoms with Gasteiger partial charge < -0.3 is 9.84 Å². The zero-order valence-electron chi connectivity index (χ0n) is 12.4. The van der Waals surface area contributed by atoms with Gasteiger partial charge in [0.05, 0.1) is 24.4 Å². The number of aliphatic carboxylic acids is 1. The molecule has 0 atom stereocenters. The molecule has 0 unspecified atom stereocenters. The molecular formula is C16H16N2O3S. The average molecular weight is 316 g/mol. The summed E-state index contributed by atoms with van der Waals surface area (Å²) in [6.07, 6.45) is -0.0543. The topological polar surface area (TPSA) is 63.8 Å². The Morgan fingerprint density at radius 1 is 1.36 bits per heavy atom. The van der Waals surface area contributed by atoms with E-state index in [0.29, 0.717) is 12.3 Å². The van der Waals surface area contributed by atoms with E-state index < -0.39 is 5.97 Å². The van der Waals surface area contributed by atoms with E-state index in [1.807, 2.05) is 47.9 Å². The number of nitrogens with zero attached hydrogens (tertiary/aromatic N) is 2. The number of rotatable bonds is 5. The van der Waals surface area contributed by atoms with E-state index in [-0.39, 0.29) is 6.42 Å². The van der Waals surface area contributed by atoms with Crippen molar-refractivity contribution in [2.75, 3.05) is 6.61 Å². The molecule has 6 heteroatoms. The van der Waals surface area contributed by atoms with Gasteiger partial charge in [0, 0.05) is 16.6 Å². The van der Waals surface area contributed by atoms with Crippen molar-refractivity contribution in [3.63, 3.8) is 0 Å². The molecule has 0 bridgehead atoms. The lowest BCUT2D eigenvalue weighted by Gasteiger charge is -2.06. The van der Waals surface area contributed by atoms with Crippen LogP contribution in [0.4, 0.5) is 0 Å². The van der Waals surface area contributed by atoms with Gasteiger partial charge >= 0.3 is 5.97 Å². The van der Waals surface area contributed by atoms with Crippen LogP contribution in [-0.4, -0.2) is 27.1 Å². The van der Waals surface area contributed by atoms with Gasteiger partial charge in [-0.1, -0.05) is 0 Å². The van der Waals surface area contributed by atoms with Crippen molar-refractivity contribution in [1.82, 2.24) is 9.38 Å². The van der Waals surface area contributed by atoms with Crippen LogP contribution in [-0.2, 0) is 11.2 Å². The average Bonchev–Trinajstić information content (AvgIpc) is 3.01. The number of thiazole rings is 1. The quantitative estimate of drug-likeness (QED) is 0.783. The fourth-order valence-electron chi connectivity index (χ4n) is 2.48. The number of hydrogen-bond acceptors (Lipinski definition) is 4. The Morgan fingerprint density at radius 3 is 2.73 bits per heavy atom. The van der Waals surface area contributed by atoms with E-state index in [9.17, 15) is 9.90 Å². The number of carboxylic acids is 1. The summed E-state index contributed by atoms with van der Waals surface area (Å²) in [4.78, 5) is 16.6. The van der Waals surface area contributed by atoms with E-state index in [4.69, 9.17) is 4.74 Å². The molecule has 0 saturated carbocycles. The fourth-order valence-corrected chi connectivity index (χ4v) is 3.36. The maximum Gasteiger partial charge on any atom is 0.309 e. The van der Waals surface area contributed by atoms with E-state index in [2.05, 4.69) is 4.98 Å². The number of carbonyl (C=O) groups is 1. The monoisotopic (exact) mass is 316 g/mol. The second-order valence-electron chi connectivity index (χ2n) is 4.93. The molecule has 0 aliphatic carbocycles. The summed E-state index contributed by atoms with van der Waals surface area (Å²) in [7, 11) is 0. The molecule has 0 fully saturated rings. The summed E-state index contributed by atoms with van der Waals surface area (Å²) in [6, 6.07) is 7.59. The molecule has 3 rings (SSSR count). The lowest BCUT2D eigenvalue weighted by Crippen LogP contribution is -2.05. The number of fused-ring (bicyclic) bond motifs is 1. The van der Waals surface area contributed by atoms with Gasteiger partial charge in [0.25, 0.3) is 0 Å². The Balaban J connectivity index is 2.10. The van der Waals surface area contributed by atoms with Crippen molar-refractivity contribution >= 4 is 22.3 Å². The summed E-state index contributed by atoms with van der Waals surface area (Å²) >= 11 is 1.52. The highest BCUT2D eigenvalue weighted by Crippen LogP contribution is 2.30. The first-order chi connectivity index (χ1) is 10.6. The lowest BCUT2D eigenvalue weighted by atomic mass is 10.1. The number of imidazole rings is 1. The number of hydrogen-bond donors (Lipinski definition) is 1. The molecule has 22 heavy (non-hydrogen) atoms. The molecule has 2 aromatic heterocycles. The number of aryl methyl sites for hydroxylation is 1. The number of aromatic nitrogens is 2. The van der Waals surface area contributed by atoms with Crippen LogP contribution in [0.5, 0.6) is 5.75 Å². The molecule has 1 N–H and O–H groups in total. The second kappa shape index (κ2) is 5.81. The van der Waals surface area contributed by atoms with Gasteiger partial charge in [0.15, 0.2) is 4.96 Å². The highest BCUT2D eigenvalue weighted by molar-refractivity contribution is 7.15. The highest BCUT2D eigenvalue weighted by Gasteiger charge is 2.19. The Morgan fingerprint density at radius 2 is 2.09 bits per heavy atom. The predicted molar refractivity (Wildman–Crippen MR) is 85.8 cm³/mol. The maximum atomic E-state index is 11.2. The normalized spacial score (nSPS) is 11.0. The molecule has 1 aromatic carbocycles. The smallest absolute Gasteiger partial charge is 0.309 e. The number of carboxylic acid groups (broad SMARTS) is 1. The zero-order chi connectivity index (χ0) is 15.7. The molecule has 0 aliphatic rings.